The van der Waals surface area contributed by atoms with Gasteiger partial charge in [0.25, 0.3) is 0 Å². The minimum absolute atomic E-state index is 0.0405. The van der Waals surface area contributed by atoms with Crippen LogP contribution in [-0.2, 0) is 6.42 Å². The lowest BCUT2D eigenvalue weighted by atomic mass is 9.81. The fourth-order valence-electron chi connectivity index (χ4n) is 4.51. The van der Waals surface area contributed by atoms with E-state index in [-0.39, 0.29) is 12.0 Å². The van der Waals surface area contributed by atoms with E-state index in [4.69, 9.17) is 19.9 Å². The highest BCUT2D eigenvalue weighted by molar-refractivity contribution is 5.50. The molecule has 4 nitrogen and oxygen atoms in total. The van der Waals surface area contributed by atoms with Crippen molar-refractivity contribution in [1.29, 1.82) is 0 Å². The van der Waals surface area contributed by atoms with Crippen molar-refractivity contribution < 1.29 is 14.2 Å². The zero-order valence-electron chi connectivity index (χ0n) is 19.4. The summed E-state index contributed by atoms with van der Waals surface area (Å²) in [5.74, 6) is 2.58. The first-order valence-electron chi connectivity index (χ1n) is 10.6. The van der Waals surface area contributed by atoms with Crippen LogP contribution >= 0.6 is 0 Å². The van der Waals surface area contributed by atoms with E-state index >= 15 is 0 Å². The van der Waals surface area contributed by atoms with Crippen molar-refractivity contribution in [2.24, 2.45) is 5.73 Å². The standard InChI is InChI=1S/C27H33NO3/c1-17-10-7-13-20(25(17)29-4)16-23(21-14-8-11-18(2)26(21)30-5)24(28)22-15-9-12-19(3)27(22)31-6/h7-15,23-24H,16,28H2,1-6H3. The molecule has 0 spiro atoms. The normalized spacial score (nSPS) is 12.9. The molecule has 2 N–H and O–H groups in total. The van der Waals surface area contributed by atoms with Crippen LogP contribution < -0.4 is 19.9 Å². The van der Waals surface area contributed by atoms with E-state index in [1.165, 1.54) is 0 Å². The molecule has 3 aromatic carbocycles. The number of hydrogen-bond acceptors (Lipinski definition) is 4. The van der Waals surface area contributed by atoms with Crippen LogP contribution in [0.2, 0.25) is 0 Å². The summed E-state index contributed by atoms with van der Waals surface area (Å²) >= 11 is 0. The van der Waals surface area contributed by atoms with Crippen LogP contribution in [0.15, 0.2) is 54.6 Å². The van der Waals surface area contributed by atoms with Gasteiger partial charge in [-0.25, -0.2) is 0 Å². The van der Waals surface area contributed by atoms with E-state index in [0.29, 0.717) is 6.42 Å². The van der Waals surface area contributed by atoms with Crippen molar-refractivity contribution in [1.82, 2.24) is 0 Å². The first kappa shape index (κ1) is 22.7. The minimum atomic E-state index is -0.296. The Kier molecular flexibility index (Phi) is 7.24. The van der Waals surface area contributed by atoms with Gasteiger partial charge in [0, 0.05) is 17.5 Å². The second kappa shape index (κ2) is 9.88. The van der Waals surface area contributed by atoms with Gasteiger partial charge in [0.05, 0.1) is 21.3 Å². The average molecular weight is 420 g/mol. The summed E-state index contributed by atoms with van der Waals surface area (Å²) in [6.07, 6.45) is 0.711. The summed E-state index contributed by atoms with van der Waals surface area (Å²) < 4.78 is 17.3. The van der Waals surface area contributed by atoms with Gasteiger partial charge in [-0.3, -0.25) is 0 Å². The van der Waals surface area contributed by atoms with E-state index in [2.05, 4.69) is 56.3 Å². The highest BCUT2D eigenvalue weighted by atomic mass is 16.5. The van der Waals surface area contributed by atoms with Gasteiger partial charge in [-0.15, -0.1) is 0 Å². The Bertz CT molecular complexity index is 1040. The van der Waals surface area contributed by atoms with E-state index in [9.17, 15) is 0 Å². The molecule has 0 radical (unpaired) electrons. The number of benzene rings is 3. The molecule has 0 saturated carbocycles. The molecule has 0 saturated heterocycles. The second-order valence-corrected chi connectivity index (χ2v) is 8.00. The molecule has 0 aliphatic rings. The Morgan fingerprint density at radius 1 is 0.645 bits per heavy atom. The lowest BCUT2D eigenvalue weighted by molar-refractivity contribution is 0.382. The number of ether oxygens (including phenoxy) is 3. The molecule has 3 aromatic rings. The van der Waals surface area contributed by atoms with Gasteiger partial charge in [-0.1, -0.05) is 54.6 Å². The van der Waals surface area contributed by atoms with Gasteiger partial charge in [0.2, 0.25) is 0 Å². The van der Waals surface area contributed by atoms with Gasteiger partial charge in [-0.05, 0) is 55.0 Å². The van der Waals surface area contributed by atoms with Crippen LogP contribution in [0.5, 0.6) is 17.2 Å². The lowest BCUT2D eigenvalue weighted by Crippen LogP contribution is -2.23. The van der Waals surface area contributed by atoms with Crippen molar-refractivity contribution in [3.05, 3.63) is 88.0 Å². The molecule has 0 fully saturated rings. The fraction of sp³-hybridized carbons (Fsp3) is 0.333. The maximum Gasteiger partial charge on any atom is 0.126 e. The van der Waals surface area contributed by atoms with Gasteiger partial charge < -0.3 is 19.9 Å². The SMILES string of the molecule is COc1c(C)cccc1CC(c1cccc(C)c1OC)C(N)c1cccc(C)c1OC. The topological polar surface area (TPSA) is 53.7 Å². The maximum absolute atomic E-state index is 6.99. The van der Waals surface area contributed by atoms with Crippen LogP contribution in [-0.4, -0.2) is 21.3 Å². The first-order valence-corrected chi connectivity index (χ1v) is 10.6. The molecule has 2 unspecified atom stereocenters. The van der Waals surface area contributed by atoms with Crippen molar-refractivity contribution >= 4 is 0 Å². The zero-order chi connectivity index (χ0) is 22.5. The summed E-state index contributed by atoms with van der Waals surface area (Å²) in [5, 5.41) is 0. The molecular weight excluding hydrogens is 386 g/mol. The minimum Gasteiger partial charge on any atom is -0.496 e. The van der Waals surface area contributed by atoms with Crippen molar-refractivity contribution in [3.8, 4) is 17.2 Å². The Balaban J connectivity index is 2.18. The molecule has 0 aromatic heterocycles. The molecule has 0 bridgehead atoms. The number of para-hydroxylation sites is 3. The van der Waals surface area contributed by atoms with E-state index in [1.54, 1.807) is 21.3 Å². The third-order valence-corrected chi connectivity index (χ3v) is 6.02. The van der Waals surface area contributed by atoms with Crippen molar-refractivity contribution in [2.75, 3.05) is 21.3 Å². The molecule has 3 rings (SSSR count). The van der Waals surface area contributed by atoms with Crippen LogP contribution in [0.1, 0.15) is 45.3 Å². The van der Waals surface area contributed by atoms with Crippen molar-refractivity contribution in [3.63, 3.8) is 0 Å². The van der Waals surface area contributed by atoms with Crippen LogP contribution in [0.3, 0.4) is 0 Å². The third-order valence-electron chi connectivity index (χ3n) is 6.02. The van der Waals surface area contributed by atoms with Gasteiger partial charge in [-0.2, -0.15) is 0 Å². The number of nitrogens with two attached hydrogens (primary N) is 1. The van der Waals surface area contributed by atoms with Gasteiger partial charge >= 0.3 is 0 Å². The fourth-order valence-corrected chi connectivity index (χ4v) is 4.51. The number of aryl methyl sites for hydroxylation is 3. The second-order valence-electron chi connectivity index (χ2n) is 8.00. The highest BCUT2D eigenvalue weighted by Crippen LogP contribution is 2.43. The van der Waals surface area contributed by atoms with Gasteiger partial charge in [0.1, 0.15) is 17.2 Å². The molecule has 164 valence electrons. The van der Waals surface area contributed by atoms with Crippen LogP contribution in [0, 0.1) is 20.8 Å². The smallest absolute Gasteiger partial charge is 0.126 e. The number of hydrogen-bond donors (Lipinski definition) is 1. The van der Waals surface area contributed by atoms with Crippen molar-refractivity contribution in [2.45, 2.75) is 39.2 Å². The lowest BCUT2D eigenvalue weighted by Gasteiger charge is -2.29. The van der Waals surface area contributed by atoms with Crippen LogP contribution in [0.25, 0.3) is 0 Å². The average Bonchev–Trinajstić information content (AvgIpc) is 2.76. The predicted molar refractivity (Wildman–Crippen MR) is 127 cm³/mol. The molecule has 0 aliphatic carbocycles. The monoisotopic (exact) mass is 419 g/mol. The van der Waals surface area contributed by atoms with E-state index < -0.39 is 0 Å². The summed E-state index contributed by atoms with van der Waals surface area (Å²) in [7, 11) is 5.14. The molecule has 0 aliphatic heterocycles. The summed E-state index contributed by atoms with van der Waals surface area (Å²) in [6, 6.07) is 18.3. The third kappa shape index (κ3) is 4.54. The molecular formula is C27H33NO3. The highest BCUT2D eigenvalue weighted by Gasteiger charge is 2.29. The Labute approximate surface area is 186 Å². The molecule has 31 heavy (non-hydrogen) atoms. The zero-order valence-corrected chi connectivity index (χ0v) is 19.4. The maximum atomic E-state index is 6.99. The Hall–Kier alpha value is -2.98. The van der Waals surface area contributed by atoms with E-state index in [1.807, 2.05) is 19.1 Å². The largest absolute Gasteiger partial charge is 0.496 e. The number of methoxy groups -OCH3 is 3. The molecule has 0 amide bonds. The number of rotatable bonds is 8. The Morgan fingerprint density at radius 2 is 1.10 bits per heavy atom. The van der Waals surface area contributed by atoms with Gasteiger partial charge in [0.15, 0.2) is 0 Å². The Morgan fingerprint density at radius 3 is 1.65 bits per heavy atom. The van der Waals surface area contributed by atoms with E-state index in [0.717, 1.165) is 50.6 Å². The molecule has 4 heteroatoms. The first-order chi connectivity index (χ1) is 14.9. The van der Waals surface area contributed by atoms with Crippen LogP contribution in [0.4, 0.5) is 0 Å². The summed E-state index contributed by atoms with van der Waals surface area (Å²) in [6.45, 7) is 6.17. The quantitative estimate of drug-likeness (QED) is 0.511. The summed E-state index contributed by atoms with van der Waals surface area (Å²) in [5.41, 5.74) is 13.5. The molecule has 0 heterocycles. The summed E-state index contributed by atoms with van der Waals surface area (Å²) in [4.78, 5) is 0. The molecule has 2 atom stereocenters. The predicted octanol–water partition coefficient (Wildman–Crippen LogP) is 5.66.